The van der Waals surface area contributed by atoms with Crippen LogP contribution in [0.1, 0.15) is 71.5 Å². The molecule has 0 radical (unpaired) electrons. The summed E-state index contributed by atoms with van der Waals surface area (Å²) in [7, 11) is 0. The van der Waals surface area contributed by atoms with Gasteiger partial charge in [-0.25, -0.2) is 4.79 Å². The molecule has 41 heavy (non-hydrogen) atoms. The highest BCUT2D eigenvalue weighted by molar-refractivity contribution is 5.92. The third-order valence-electron chi connectivity index (χ3n) is 13.0. The number of rotatable bonds is 2. The minimum Gasteiger partial charge on any atom is -0.472 e. The van der Waals surface area contributed by atoms with Gasteiger partial charge >= 0.3 is 11.9 Å². The molecule has 4 aliphatic heterocycles. The van der Waals surface area contributed by atoms with E-state index in [1.165, 1.54) is 6.26 Å². The van der Waals surface area contributed by atoms with Crippen LogP contribution in [0.5, 0.6) is 0 Å². The van der Waals surface area contributed by atoms with Gasteiger partial charge in [-0.05, 0) is 63.9 Å². The van der Waals surface area contributed by atoms with Crippen LogP contribution in [-0.2, 0) is 33.3 Å². The van der Waals surface area contributed by atoms with Gasteiger partial charge in [0.25, 0.3) is 0 Å². The molecule has 12 atom stereocenters. The first-order valence-electron chi connectivity index (χ1n) is 14.9. The van der Waals surface area contributed by atoms with Crippen LogP contribution < -0.4 is 0 Å². The quantitative estimate of drug-likeness (QED) is 0.402. The molecule has 7 aliphatic rings. The van der Waals surface area contributed by atoms with Crippen molar-refractivity contribution < 1.29 is 48.0 Å². The third kappa shape index (κ3) is 2.61. The lowest BCUT2D eigenvalue weighted by Crippen LogP contribution is -2.77. The summed E-state index contributed by atoms with van der Waals surface area (Å²) in [6, 6.07) is 1.77. The number of Topliss-reactive ketones (excluding diaryl/α,β-unsaturated/α-hetero) is 1. The molecule has 5 heterocycles. The maximum Gasteiger partial charge on any atom is 0.339 e. The third-order valence-corrected chi connectivity index (χ3v) is 13.0. The van der Waals surface area contributed by atoms with E-state index in [0.29, 0.717) is 37.7 Å². The largest absolute Gasteiger partial charge is 0.472 e. The molecule has 1 aromatic rings. The average Bonchev–Trinajstić information content (AvgIpc) is 3.22. The van der Waals surface area contributed by atoms with E-state index in [4.69, 9.17) is 23.4 Å². The molecule has 3 aliphatic carbocycles. The number of furan rings is 1. The van der Waals surface area contributed by atoms with Gasteiger partial charge in [-0.15, -0.1) is 0 Å². The van der Waals surface area contributed by atoms with Gasteiger partial charge in [0.1, 0.15) is 24.4 Å². The molecule has 7 fully saturated rings. The fourth-order valence-corrected chi connectivity index (χ4v) is 11.5. The molecule has 8 rings (SSSR count). The maximum absolute atomic E-state index is 14.6. The van der Waals surface area contributed by atoms with E-state index in [-0.39, 0.29) is 36.8 Å². The molecule has 3 spiro atoms. The molecule has 12 unspecified atom stereocenters. The Morgan fingerprint density at radius 3 is 2.49 bits per heavy atom. The topological polar surface area (TPSA) is 145 Å². The van der Waals surface area contributed by atoms with Crippen molar-refractivity contribution in [1.29, 1.82) is 0 Å². The summed E-state index contributed by atoms with van der Waals surface area (Å²) in [4.78, 5) is 41.6. The number of ether oxygens (including phenoxy) is 4. The molecule has 222 valence electrons. The number of hydrogen-bond acceptors (Lipinski definition) is 10. The van der Waals surface area contributed by atoms with E-state index in [0.717, 1.165) is 0 Å². The lowest BCUT2D eigenvalue weighted by atomic mass is 9.35. The predicted molar refractivity (Wildman–Crippen MR) is 138 cm³/mol. The molecule has 10 heteroatoms. The van der Waals surface area contributed by atoms with E-state index in [1.807, 2.05) is 27.7 Å². The van der Waals surface area contributed by atoms with E-state index >= 15 is 0 Å². The van der Waals surface area contributed by atoms with E-state index in [9.17, 15) is 24.6 Å². The Hall–Kier alpha value is -2.27. The molecule has 10 nitrogen and oxygen atoms in total. The molecule has 0 aromatic carbocycles. The number of esters is 2. The zero-order valence-electron chi connectivity index (χ0n) is 23.9. The lowest BCUT2D eigenvalue weighted by Gasteiger charge is -2.67. The molecule has 2 N–H and O–H groups in total. The maximum atomic E-state index is 14.6. The molecule has 0 amide bonds. The van der Waals surface area contributed by atoms with Crippen molar-refractivity contribution >= 4 is 17.7 Å². The van der Waals surface area contributed by atoms with E-state index < -0.39 is 69.2 Å². The Balaban J connectivity index is 1.33. The molecular weight excluding hydrogens is 532 g/mol. The number of carbonyl (C=O) groups excluding carboxylic acids is 3. The van der Waals surface area contributed by atoms with Crippen molar-refractivity contribution in [3.05, 3.63) is 24.2 Å². The number of fused-ring (bicyclic) bond motifs is 2. The first-order chi connectivity index (χ1) is 19.3. The van der Waals surface area contributed by atoms with Gasteiger partial charge in [-0.1, -0.05) is 13.8 Å². The van der Waals surface area contributed by atoms with Gasteiger partial charge in [-0.3, -0.25) is 9.59 Å². The SMILES string of the molecule is CC1(C)OC2C3(CCC(CO)C3)C(=O)OCC23C1C(=O)C(O)C1(C)C3CCC2(C)C(c3ccoc3)OC(=O)C3OC321. The summed E-state index contributed by atoms with van der Waals surface area (Å²) < 4.78 is 30.7. The fourth-order valence-electron chi connectivity index (χ4n) is 11.5. The highest BCUT2D eigenvalue weighted by atomic mass is 16.7. The van der Waals surface area contributed by atoms with Crippen LogP contribution in [0.15, 0.2) is 23.0 Å². The van der Waals surface area contributed by atoms with E-state index in [1.54, 1.807) is 12.3 Å². The highest BCUT2D eigenvalue weighted by Crippen LogP contribution is 2.81. The number of carbonyl (C=O) groups is 3. The first-order valence-corrected chi connectivity index (χ1v) is 14.9. The molecule has 3 saturated carbocycles. The number of hydrogen-bond donors (Lipinski definition) is 2. The summed E-state index contributed by atoms with van der Waals surface area (Å²) in [6.07, 6.45) is 2.22. The summed E-state index contributed by atoms with van der Waals surface area (Å²) in [6.45, 7) is 7.63. The van der Waals surface area contributed by atoms with Gasteiger partial charge in [0.2, 0.25) is 0 Å². The minimum atomic E-state index is -1.42. The Labute approximate surface area is 238 Å². The van der Waals surface area contributed by atoms with Crippen molar-refractivity contribution in [2.45, 2.75) is 95.4 Å². The first kappa shape index (κ1) is 26.4. The van der Waals surface area contributed by atoms with Crippen LogP contribution in [0.3, 0.4) is 0 Å². The van der Waals surface area contributed by atoms with Gasteiger partial charge in [0, 0.05) is 28.4 Å². The summed E-state index contributed by atoms with van der Waals surface area (Å²) >= 11 is 0. The Kier molecular flexibility index (Phi) is 4.90. The van der Waals surface area contributed by atoms with Crippen molar-refractivity contribution in [3.8, 4) is 0 Å². The number of cyclic esters (lactones) is 2. The second-order valence-electron chi connectivity index (χ2n) is 14.9. The van der Waals surface area contributed by atoms with Crippen molar-refractivity contribution in [2.75, 3.05) is 13.2 Å². The number of aliphatic hydroxyl groups excluding tert-OH is 2. The van der Waals surface area contributed by atoms with Crippen LogP contribution in [0.4, 0.5) is 0 Å². The second-order valence-corrected chi connectivity index (χ2v) is 14.9. The number of epoxide rings is 1. The molecule has 1 aromatic heterocycles. The van der Waals surface area contributed by atoms with Crippen LogP contribution in [0.25, 0.3) is 0 Å². The molecule has 4 saturated heterocycles. The smallest absolute Gasteiger partial charge is 0.339 e. The monoisotopic (exact) mass is 570 g/mol. The lowest BCUT2D eigenvalue weighted by molar-refractivity contribution is -0.264. The van der Waals surface area contributed by atoms with Crippen molar-refractivity contribution in [2.24, 2.45) is 39.4 Å². The van der Waals surface area contributed by atoms with Crippen molar-refractivity contribution in [3.63, 3.8) is 0 Å². The summed E-state index contributed by atoms with van der Waals surface area (Å²) in [5.74, 6) is -2.33. The minimum absolute atomic E-state index is 0.00191. The zero-order valence-corrected chi connectivity index (χ0v) is 23.9. The van der Waals surface area contributed by atoms with Gasteiger partial charge in [0.15, 0.2) is 11.9 Å². The van der Waals surface area contributed by atoms with Crippen LogP contribution in [0.2, 0.25) is 0 Å². The van der Waals surface area contributed by atoms with Gasteiger partial charge < -0.3 is 33.6 Å². The van der Waals surface area contributed by atoms with Gasteiger partial charge in [0.05, 0.1) is 35.6 Å². The number of ketones is 1. The van der Waals surface area contributed by atoms with Gasteiger partial charge in [-0.2, -0.15) is 0 Å². The molecule has 0 bridgehead atoms. The molecular formula is C31H38O10. The standard InChI is InChI=1S/C31H38O10/c1-26(2)19-18(33)20(34)28(4)17(30(19)14-38-25(36)29(24(30)41-26)9-5-15(11-29)12-32)6-8-27(3)21(16-7-10-37-13-16)39-23(35)22-31(27,28)40-22/h7,10,13,15,17,19-22,24,32,34H,5-6,8-9,11-12,14H2,1-4H3. The Morgan fingerprint density at radius 2 is 1.80 bits per heavy atom. The van der Waals surface area contributed by atoms with Crippen LogP contribution in [0, 0.1) is 39.4 Å². The summed E-state index contributed by atoms with van der Waals surface area (Å²) in [5.41, 5.74) is -5.30. The van der Waals surface area contributed by atoms with Crippen molar-refractivity contribution in [1.82, 2.24) is 0 Å². The normalized spacial score (nSPS) is 54.4. The number of aliphatic hydroxyl groups is 2. The fraction of sp³-hybridized carbons (Fsp3) is 0.774. The second kappa shape index (κ2) is 7.62. The van der Waals surface area contributed by atoms with Crippen LogP contribution in [-0.4, -0.2) is 70.7 Å². The van der Waals surface area contributed by atoms with Crippen LogP contribution >= 0.6 is 0 Å². The highest BCUT2D eigenvalue weighted by Gasteiger charge is 2.91. The average molecular weight is 571 g/mol. The Bertz CT molecular complexity index is 1350. The predicted octanol–water partition coefficient (Wildman–Crippen LogP) is 2.50. The Morgan fingerprint density at radius 1 is 1.02 bits per heavy atom. The van der Waals surface area contributed by atoms with E-state index in [2.05, 4.69) is 0 Å². The zero-order chi connectivity index (χ0) is 29.0. The summed E-state index contributed by atoms with van der Waals surface area (Å²) in [5, 5.41) is 22.2.